The van der Waals surface area contributed by atoms with Gasteiger partial charge in [-0.05, 0) is 54.9 Å². The van der Waals surface area contributed by atoms with Crippen LogP contribution < -0.4 is 5.32 Å². The Morgan fingerprint density at radius 1 is 1.05 bits per heavy atom. The standard InChI is InChI=1S/C18H17BrN2/c1-12-8-9-13(19)11-16(12)18(20-2)15-5-3-7-17-14(15)6-4-10-21-17/h3-11,18,20H,1-2H3. The molecule has 0 bridgehead atoms. The number of nitrogens with zero attached hydrogens (tertiary/aromatic N) is 1. The number of hydrogen-bond acceptors (Lipinski definition) is 2. The highest BCUT2D eigenvalue weighted by atomic mass is 79.9. The van der Waals surface area contributed by atoms with Crippen molar-refractivity contribution < 1.29 is 0 Å². The first kappa shape index (κ1) is 14.2. The summed E-state index contributed by atoms with van der Waals surface area (Å²) in [6.45, 7) is 2.15. The van der Waals surface area contributed by atoms with Gasteiger partial charge in [-0.1, -0.05) is 40.2 Å². The third-order valence-electron chi connectivity index (χ3n) is 3.83. The fourth-order valence-electron chi connectivity index (χ4n) is 2.78. The summed E-state index contributed by atoms with van der Waals surface area (Å²) < 4.78 is 1.10. The fourth-order valence-corrected chi connectivity index (χ4v) is 3.16. The molecule has 1 unspecified atom stereocenters. The van der Waals surface area contributed by atoms with E-state index >= 15 is 0 Å². The highest BCUT2D eigenvalue weighted by molar-refractivity contribution is 9.10. The summed E-state index contributed by atoms with van der Waals surface area (Å²) in [4.78, 5) is 4.46. The van der Waals surface area contributed by atoms with E-state index in [-0.39, 0.29) is 6.04 Å². The second kappa shape index (κ2) is 5.96. The number of fused-ring (bicyclic) bond motifs is 1. The number of pyridine rings is 1. The van der Waals surface area contributed by atoms with Gasteiger partial charge in [0.05, 0.1) is 11.6 Å². The number of halogens is 1. The monoisotopic (exact) mass is 340 g/mol. The topological polar surface area (TPSA) is 24.9 Å². The Bertz CT molecular complexity index is 778. The van der Waals surface area contributed by atoms with Crippen LogP contribution in [0, 0.1) is 6.92 Å². The van der Waals surface area contributed by atoms with Gasteiger partial charge in [-0.15, -0.1) is 0 Å². The molecule has 3 aromatic rings. The zero-order valence-electron chi connectivity index (χ0n) is 12.1. The summed E-state index contributed by atoms with van der Waals surface area (Å²) in [5.41, 5.74) is 4.84. The minimum atomic E-state index is 0.149. The van der Waals surface area contributed by atoms with Crippen molar-refractivity contribution >= 4 is 26.8 Å². The average molecular weight is 341 g/mol. The zero-order valence-corrected chi connectivity index (χ0v) is 13.7. The van der Waals surface area contributed by atoms with Gasteiger partial charge in [-0.2, -0.15) is 0 Å². The lowest BCUT2D eigenvalue weighted by atomic mass is 9.92. The van der Waals surface area contributed by atoms with E-state index in [4.69, 9.17) is 0 Å². The Morgan fingerprint density at radius 3 is 2.71 bits per heavy atom. The molecule has 1 heterocycles. The summed E-state index contributed by atoms with van der Waals surface area (Å²) in [7, 11) is 2.00. The van der Waals surface area contributed by atoms with Gasteiger partial charge >= 0.3 is 0 Å². The van der Waals surface area contributed by atoms with E-state index in [1.807, 2.05) is 19.3 Å². The number of aryl methyl sites for hydroxylation is 1. The molecule has 2 nitrogen and oxygen atoms in total. The van der Waals surface area contributed by atoms with Crippen LogP contribution in [0.3, 0.4) is 0 Å². The molecule has 0 aliphatic carbocycles. The maximum Gasteiger partial charge on any atom is 0.0705 e. The summed E-state index contributed by atoms with van der Waals surface area (Å²) in [5, 5.41) is 4.64. The molecule has 3 heteroatoms. The molecule has 1 N–H and O–H groups in total. The van der Waals surface area contributed by atoms with Crippen LogP contribution in [0.5, 0.6) is 0 Å². The molecule has 0 fully saturated rings. The van der Waals surface area contributed by atoms with Crippen molar-refractivity contribution in [1.29, 1.82) is 0 Å². The molecule has 1 aromatic heterocycles. The Morgan fingerprint density at radius 2 is 1.90 bits per heavy atom. The van der Waals surface area contributed by atoms with Crippen molar-refractivity contribution in [3.8, 4) is 0 Å². The maximum atomic E-state index is 4.46. The Labute approximate surface area is 133 Å². The van der Waals surface area contributed by atoms with Crippen molar-refractivity contribution in [3.63, 3.8) is 0 Å². The van der Waals surface area contributed by atoms with E-state index < -0.39 is 0 Å². The molecule has 0 radical (unpaired) electrons. The van der Waals surface area contributed by atoms with Crippen LogP contribution in [0.1, 0.15) is 22.7 Å². The average Bonchev–Trinajstić information content (AvgIpc) is 2.51. The smallest absolute Gasteiger partial charge is 0.0705 e. The first-order chi connectivity index (χ1) is 10.2. The summed E-state index contributed by atoms with van der Waals surface area (Å²) in [5.74, 6) is 0. The third-order valence-corrected chi connectivity index (χ3v) is 4.32. The van der Waals surface area contributed by atoms with Gasteiger partial charge in [0.2, 0.25) is 0 Å². The van der Waals surface area contributed by atoms with Gasteiger partial charge < -0.3 is 5.32 Å². The minimum Gasteiger partial charge on any atom is -0.309 e. The molecule has 3 rings (SSSR count). The highest BCUT2D eigenvalue weighted by Gasteiger charge is 2.17. The van der Waals surface area contributed by atoms with E-state index in [1.165, 1.54) is 22.1 Å². The van der Waals surface area contributed by atoms with Crippen molar-refractivity contribution in [3.05, 3.63) is 75.9 Å². The van der Waals surface area contributed by atoms with Crippen molar-refractivity contribution in [1.82, 2.24) is 10.3 Å². The lowest BCUT2D eigenvalue weighted by Crippen LogP contribution is -2.19. The molecule has 21 heavy (non-hydrogen) atoms. The van der Waals surface area contributed by atoms with Crippen molar-refractivity contribution in [2.24, 2.45) is 0 Å². The van der Waals surface area contributed by atoms with Gasteiger partial charge in [0, 0.05) is 16.1 Å². The van der Waals surface area contributed by atoms with Gasteiger partial charge in [0.1, 0.15) is 0 Å². The Kier molecular flexibility index (Phi) is 4.04. The van der Waals surface area contributed by atoms with E-state index in [0.29, 0.717) is 0 Å². The van der Waals surface area contributed by atoms with Gasteiger partial charge in [-0.3, -0.25) is 4.98 Å². The molecule has 0 saturated heterocycles. The van der Waals surface area contributed by atoms with E-state index in [1.54, 1.807) is 0 Å². The molecule has 0 spiro atoms. The maximum absolute atomic E-state index is 4.46. The molecule has 0 saturated carbocycles. The minimum absolute atomic E-state index is 0.149. The molecule has 0 aliphatic heterocycles. The first-order valence-corrected chi connectivity index (χ1v) is 7.77. The highest BCUT2D eigenvalue weighted by Crippen LogP contribution is 2.31. The van der Waals surface area contributed by atoms with Crippen LogP contribution in [0.25, 0.3) is 10.9 Å². The number of benzene rings is 2. The Hall–Kier alpha value is -1.71. The molecule has 2 aromatic carbocycles. The fraction of sp³-hybridized carbons (Fsp3) is 0.167. The van der Waals surface area contributed by atoms with Gasteiger partial charge in [0.15, 0.2) is 0 Å². The lowest BCUT2D eigenvalue weighted by Gasteiger charge is -2.21. The SMILES string of the molecule is CNC(c1cc(Br)ccc1C)c1cccc2ncccc12. The molecular formula is C18H17BrN2. The summed E-state index contributed by atoms with van der Waals surface area (Å²) >= 11 is 3.58. The van der Waals surface area contributed by atoms with Crippen LogP contribution in [0.4, 0.5) is 0 Å². The van der Waals surface area contributed by atoms with Gasteiger partial charge in [0.25, 0.3) is 0 Å². The number of rotatable bonds is 3. The summed E-state index contributed by atoms with van der Waals surface area (Å²) in [6, 6.07) is 17.0. The second-order valence-corrected chi connectivity index (χ2v) is 6.06. The van der Waals surface area contributed by atoms with E-state index in [2.05, 4.69) is 75.6 Å². The van der Waals surface area contributed by atoms with Crippen LogP contribution >= 0.6 is 15.9 Å². The molecule has 106 valence electrons. The number of nitrogens with one attached hydrogen (secondary N) is 1. The second-order valence-electron chi connectivity index (χ2n) is 5.14. The Balaban J connectivity index is 2.21. The van der Waals surface area contributed by atoms with E-state index in [0.717, 1.165) is 9.99 Å². The number of hydrogen-bond donors (Lipinski definition) is 1. The van der Waals surface area contributed by atoms with E-state index in [9.17, 15) is 0 Å². The van der Waals surface area contributed by atoms with Crippen molar-refractivity contribution in [2.75, 3.05) is 7.05 Å². The van der Waals surface area contributed by atoms with Gasteiger partial charge in [-0.25, -0.2) is 0 Å². The zero-order chi connectivity index (χ0) is 14.8. The predicted octanol–water partition coefficient (Wildman–Crippen LogP) is 4.61. The number of aromatic nitrogens is 1. The quantitative estimate of drug-likeness (QED) is 0.752. The molecule has 0 amide bonds. The predicted molar refractivity (Wildman–Crippen MR) is 91.5 cm³/mol. The third kappa shape index (κ3) is 2.71. The normalized spacial score (nSPS) is 12.5. The van der Waals surface area contributed by atoms with Crippen LogP contribution in [0.15, 0.2) is 59.2 Å². The van der Waals surface area contributed by atoms with Crippen LogP contribution in [-0.2, 0) is 0 Å². The largest absolute Gasteiger partial charge is 0.309 e. The molecule has 1 atom stereocenters. The first-order valence-electron chi connectivity index (χ1n) is 6.97. The molecule has 0 aliphatic rings. The molecular weight excluding hydrogens is 324 g/mol. The lowest BCUT2D eigenvalue weighted by molar-refractivity contribution is 0.692. The van der Waals surface area contributed by atoms with Crippen molar-refractivity contribution in [2.45, 2.75) is 13.0 Å². The summed E-state index contributed by atoms with van der Waals surface area (Å²) in [6.07, 6.45) is 1.84. The van der Waals surface area contributed by atoms with Crippen LogP contribution in [-0.4, -0.2) is 12.0 Å². The van der Waals surface area contributed by atoms with Crippen LogP contribution in [0.2, 0.25) is 0 Å².